The van der Waals surface area contributed by atoms with E-state index in [9.17, 15) is 4.39 Å². The minimum Gasteiger partial charge on any atom is -0.206 e. The Kier molecular flexibility index (Phi) is 42.1. The van der Waals surface area contributed by atoms with Crippen LogP contribution in [0.15, 0.2) is 237 Å². The Morgan fingerprint density at radius 3 is 0.542 bits per heavy atom. The first-order chi connectivity index (χ1) is 68.9. The Balaban J connectivity index is 0.000000308. The van der Waals surface area contributed by atoms with Gasteiger partial charge in [-0.3, -0.25) is 0 Å². The molecular weight excluding hydrogens is 1710 g/mol. The summed E-state index contributed by atoms with van der Waals surface area (Å²) in [6.07, 6.45) is 64.8. The number of rotatable bonds is 15. The zero-order valence-electron chi connectivity index (χ0n) is 91.9. The quantitative estimate of drug-likeness (QED) is 0.0960. The topological polar surface area (TPSA) is 0 Å². The van der Waals surface area contributed by atoms with E-state index in [0.717, 1.165) is 130 Å². The highest BCUT2D eigenvalue weighted by atomic mass is 19.1. The maximum atomic E-state index is 14.5. The first-order valence-electron chi connectivity index (χ1n) is 59.4. The lowest BCUT2D eigenvalue weighted by molar-refractivity contribution is 0.165. The molecule has 11 fully saturated rings. The van der Waals surface area contributed by atoms with Gasteiger partial charge in [0.1, 0.15) is 5.82 Å². The molecule has 0 nitrogen and oxygen atoms in total. The van der Waals surface area contributed by atoms with Crippen molar-refractivity contribution in [1.29, 1.82) is 0 Å². The number of halogens is 1. The maximum Gasteiger partial charge on any atom is 0.131 e. The highest BCUT2D eigenvalue weighted by Crippen LogP contribution is 2.50. The molecule has 21 rings (SSSR count). The van der Waals surface area contributed by atoms with Crippen LogP contribution in [0, 0.1) is 143 Å². The van der Waals surface area contributed by atoms with Crippen LogP contribution in [-0.4, -0.2) is 0 Å². The predicted octanol–water partition coefficient (Wildman–Crippen LogP) is 45.2. The molecule has 784 valence electrons. The van der Waals surface area contributed by atoms with E-state index in [4.69, 9.17) is 0 Å². The van der Waals surface area contributed by atoms with E-state index in [0.29, 0.717) is 11.5 Å². The molecule has 0 amide bonds. The lowest BCUT2D eigenvalue weighted by Crippen LogP contribution is -2.24. The van der Waals surface area contributed by atoms with E-state index in [1.54, 1.807) is 28.3 Å². The van der Waals surface area contributed by atoms with Gasteiger partial charge in [0, 0.05) is 19.8 Å². The Bertz CT molecular complexity index is 4900. The van der Waals surface area contributed by atoms with Crippen molar-refractivity contribution in [3.63, 3.8) is 0 Å². The molecule has 11 aliphatic rings. The van der Waals surface area contributed by atoms with Crippen LogP contribution in [0.25, 0.3) is 33.4 Å². The molecule has 10 aromatic rings. The Labute approximate surface area is 882 Å². The zero-order valence-corrected chi connectivity index (χ0v) is 91.9. The van der Waals surface area contributed by atoms with Crippen LogP contribution in [0.5, 0.6) is 0 Å². The fraction of sp³-hybridized carbons (Fsp3) is 0.574. The summed E-state index contributed by atoms with van der Waals surface area (Å²) in [4.78, 5) is 0. The third-order valence-corrected chi connectivity index (χ3v) is 38.7. The van der Waals surface area contributed by atoms with Crippen LogP contribution < -0.4 is 0 Å². The van der Waals surface area contributed by atoms with Crippen LogP contribution in [-0.2, 0) is 0 Å². The monoisotopic (exact) mass is 1930 g/mol. The molecule has 0 aliphatic heterocycles. The van der Waals surface area contributed by atoms with E-state index in [1.807, 2.05) is 37.3 Å². The Morgan fingerprint density at radius 2 is 0.317 bits per heavy atom. The minimum atomic E-state index is -0.0880. The molecule has 11 aliphatic carbocycles. The van der Waals surface area contributed by atoms with Crippen molar-refractivity contribution in [2.75, 3.05) is 0 Å². The number of hydrogen-bond donors (Lipinski definition) is 0. The molecule has 0 N–H and O–H groups in total. The van der Waals surface area contributed by atoms with Gasteiger partial charge in [0.05, 0.1) is 0 Å². The van der Waals surface area contributed by atoms with Crippen molar-refractivity contribution < 1.29 is 18.7 Å². The van der Waals surface area contributed by atoms with Gasteiger partial charge in [-0.25, -0.2) is 4.39 Å². The van der Waals surface area contributed by atoms with Gasteiger partial charge >= 0.3 is 0 Å². The van der Waals surface area contributed by atoms with Gasteiger partial charge < -0.3 is 0 Å². The lowest BCUT2D eigenvalue weighted by Gasteiger charge is -2.37. The second kappa shape index (κ2) is 55.2. The van der Waals surface area contributed by atoms with E-state index in [-0.39, 0.29) is 20.1 Å². The van der Waals surface area contributed by atoms with E-state index in [1.165, 1.54) is 367 Å². The van der Waals surface area contributed by atoms with Crippen molar-refractivity contribution in [2.24, 2.45) is 88.8 Å². The standard InChI is InChI=1S/C21H32.C20H23F.3C20H30.2C20H24.10H2/c1-16-3-7-18(8-4-16)15-19-9-13-21(14-10-19)20-11-5-17(2)6-12-20;1-14-3-7-16(8-4-14)18-11-12-19(20(21)13-18)17-9-5-15(2)6-10-17;5*1-15-3-7-17(8-4-15)19-11-13-20(14-12-19)18-9-5-16(2)6-10-18;;;;;;;;;;/h5-6,11-12,16,18-19,21H,3-4,7-10,13-15H2,1-2H3;5-6,9-14,16H,3-4,7-8H2,1-2H3;3*3-4,7-8,16,18-20H,5-6,9-14H2,1-2H3;2*3-4,7-8,11-14,16,18H,5-6,9-10H2,1-2H3;10*1H. The molecule has 0 bridgehead atoms. The molecule has 0 saturated heterocycles. The average Bonchev–Trinajstić information content (AvgIpc) is 0.827. The molecule has 0 unspecified atom stereocenters. The maximum absolute atomic E-state index is 14.5. The van der Waals surface area contributed by atoms with Gasteiger partial charge in [-0.1, -0.05) is 421 Å². The largest absolute Gasteiger partial charge is 0.206 e. The summed E-state index contributed by atoms with van der Waals surface area (Å²) in [7, 11) is 0. The normalized spacial score (nSPS) is 29.4. The van der Waals surface area contributed by atoms with Gasteiger partial charge in [-0.05, 0) is 438 Å². The summed E-state index contributed by atoms with van der Waals surface area (Å²) in [5.74, 6) is 20.5. The van der Waals surface area contributed by atoms with E-state index in [2.05, 4.69) is 290 Å². The Morgan fingerprint density at radius 1 is 0.169 bits per heavy atom. The van der Waals surface area contributed by atoms with Crippen molar-refractivity contribution >= 4 is 0 Å². The molecule has 0 aromatic heterocycles. The van der Waals surface area contributed by atoms with Crippen LogP contribution >= 0.6 is 0 Å². The summed E-state index contributed by atoms with van der Waals surface area (Å²) in [6, 6.07) is 87.2. The third kappa shape index (κ3) is 33.3. The van der Waals surface area contributed by atoms with Gasteiger partial charge in [-0.15, -0.1) is 0 Å². The molecule has 0 radical (unpaired) electrons. The van der Waals surface area contributed by atoms with E-state index < -0.39 is 0 Å². The zero-order chi connectivity index (χ0) is 99.2. The fourth-order valence-electron chi connectivity index (χ4n) is 28.1. The first kappa shape index (κ1) is 108. The Hall–Kier alpha value is -7.87. The summed E-state index contributed by atoms with van der Waals surface area (Å²) < 4.78 is 14.5. The summed E-state index contributed by atoms with van der Waals surface area (Å²) >= 11 is 0. The molecule has 1 heteroatoms. The summed E-state index contributed by atoms with van der Waals surface area (Å²) in [5, 5.41) is 0. The van der Waals surface area contributed by atoms with Crippen molar-refractivity contribution in [1.82, 2.24) is 0 Å². The second-order valence-electron chi connectivity index (χ2n) is 50.1. The number of benzene rings is 10. The van der Waals surface area contributed by atoms with Crippen molar-refractivity contribution in [3.8, 4) is 33.4 Å². The molecule has 10 aromatic carbocycles. The fourth-order valence-corrected chi connectivity index (χ4v) is 28.1. The van der Waals surface area contributed by atoms with Gasteiger partial charge in [-0.2, -0.15) is 0 Å². The van der Waals surface area contributed by atoms with Crippen molar-refractivity contribution in [2.45, 2.75) is 427 Å². The van der Waals surface area contributed by atoms with Gasteiger partial charge in [0.2, 0.25) is 0 Å². The summed E-state index contributed by atoms with van der Waals surface area (Å²) in [5.41, 5.74) is 27.0. The van der Waals surface area contributed by atoms with Crippen LogP contribution in [0.1, 0.15) is 471 Å². The van der Waals surface area contributed by atoms with Crippen molar-refractivity contribution in [3.05, 3.63) is 320 Å². The molecule has 0 heterocycles. The SMILES string of the molecule is Cc1ccc(-c2ccc(C3CCC(C)CC3)cc2)cc1.Cc1ccc(-c2ccc(C3CCC(C)CC3)cc2)cc1.Cc1ccc(-c2ccc(C3CCC(C)CC3)cc2F)cc1.Cc1ccc(C2CCC(C3CCC(C)CC3)CC2)cc1.Cc1ccc(C2CCC(C3CCC(C)CC3)CC2)cc1.Cc1ccc(C2CCC(C3CCC(C)CC3)CC2)cc1.Cc1ccc(C2CCC(CC3CCC(C)CC3)CC2)cc1.[HH].[HH].[HH].[HH].[HH].[HH].[HH].[HH].[HH].[HH]. The molecule has 142 heavy (non-hydrogen) atoms. The lowest BCUT2D eigenvalue weighted by atomic mass is 9.68. The minimum absolute atomic E-state index is 0. The molecular formula is C141H213F. The van der Waals surface area contributed by atoms with Crippen LogP contribution in [0.4, 0.5) is 4.39 Å². The second-order valence-corrected chi connectivity index (χ2v) is 50.1. The average molecular weight is 1930 g/mol. The van der Waals surface area contributed by atoms with Crippen LogP contribution in [0.2, 0.25) is 0 Å². The molecule has 0 spiro atoms. The molecule has 11 saturated carbocycles. The smallest absolute Gasteiger partial charge is 0.131 e. The van der Waals surface area contributed by atoms with E-state index >= 15 is 0 Å². The third-order valence-electron chi connectivity index (χ3n) is 38.7. The highest BCUT2D eigenvalue weighted by molar-refractivity contribution is 5.66. The first-order valence-corrected chi connectivity index (χ1v) is 59.4. The van der Waals surface area contributed by atoms with Crippen LogP contribution in [0.3, 0.4) is 0 Å². The van der Waals surface area contributed by atoms with Gasteiger partial charge in [0.25, 0.3) is 0 Å². The summed E-state index contributed by atoms with van der Waals surface area (Å²) in [6.45, 7) is 31.9. The highest BCUT2D eigenvalue weighted by Gasteiger charge is 2.36. The predicted molar refractivity (Wildman–Crippen MR) is 635 cm³/mol. The number of aryl methyl sites for hydroxylation is 7. The number of hydrogen-bond acceptors (Lipinski definition) is 0. The van der Waals surface area contributed by atoms with Gasteiger partial charge in [0.15, 0.2) is 0 Å². The molecule has 0 atom stereocenters.